The van der Waals surface area contributed by atoms with E-state index in [1.54, 1.807) is 0 Å². The van der Waals surface area contributed by atoms with Crippen LogP contribution in [0.25, 0.3) is 56.5 Å². The van der Waals surface area contributed by atoms with Crippen molar-refractivity contribution in [1.82, 2.24) is 19.9 Å². The molecule has 2 aromatic heterocycles. The largest absolute Gasteiger partial charge is 0.256 e. The highest BCUT2D eigenvalue weighted by atomic mass is 15.0. The van der Waals surface area contributed by atoms with E-state index >= 15 is 0 Å². The van der Waals surface area contributed by atoms with Crippen LogP contribution < -0.4 is 0 Å². The zero-order valence-electron chi connectivity index (χ0n) is 26.6. The van der Waals surface area contributed by atoms with Gasteiger partial charge in [-0.05, 0) is 51.6 Å². The molecule has 9 rings (SSSR count). The lowest BCUT2D eigenvalue weighted by Crippen LogP contribution is -2.28. The molecule has 49 heavy (non-hydrogen) atoms. The highest BCUT2D eigenvalue weighted by Crippen LogP contribution is 2.56. The maximum absolute atomic E-state index is 5.10. The van der Waals surface area contributed by atoms with Crippen LogP contribution in [0.5, 0.6) is 0 Å². The second-order valence-electron chi connectivity index (χ2n) is 12.3. The Balaban J connectivity index is 1.23. The first kappa shape index (κ1) is 28.7. The lowest BCUT2D eigenvalue weighted by Gasteiger charge is -2.33. The molecule has 0 saturated heterocycles. The molecule has 1 aliphatic rings. The molecule has 6 aromatic carbocycles. The topological polar surface area (TPSA) is 51.6 Å². The number of pyridine rings is 1. The van der Waals surface area contributed by atoms with Crippen LogP contribution in [0.3, 0.4) is 0 Å². The standard InChI is InChI=1S/C45H30N4/c1-4-14-32(15-5-1)42-47-43(33-25-23-31(24-26-33)41-22-12-13-29-46-41)49-44(48-42)34-27-28-40-38(30-34)37-20-10-11-21-39(37)45(40,35-16-6-2-7-17-35)36-18-8-3-9-19-36/h1-30H. The van der Waals surface area contributed by atoms with Crippen molar-refractivity contribution in [3.63, 3.8) is 0 Å². The number of rotatable bonds is 6. The SMILES string of the molecule is c1ccc(-c2nc(-c3ccc(-c4ccccn4)cc3)nc(-c3ccc4c(c3)-c3ccccc3C4(c3ccccc3)c3ccccc3)n2)cc1. The van der Waals surface area contributed by atoms with E-state index in [0.29, 0.717) is 17.5 Å². The molecule has 2 heterocycles. The van der Waals surface area contributed by atoms with Crippen LogP contribution in [0.1, 0.15) is 22.3 Å². The molecule has 8 aromatic rings. The Morgan fingerprint density at radius 2 is 0.837 bits per heavy atom. The third-order valence-electron chi connectivity index (χ3n) is 9.49. The van der Waals surface area contributed by atoms with Gasteiger partial charge in [-0.1, -0.05) is 158 Å². The molecular formula is C45H30N4. The van der Waals surface area contributed by atoms with Crippen LogP contribution in [0.15, 0.2) is 182 Å². The molecular weight excluding hydrogens is 597 g/mol. The predicted octanol–water partition coefficient (Wildman–Crippen LogP) is 10.3. The van der Waals surface area contributed by atoms with Crippen LogP contribution in [0.2, 0.25) is 0 Å². The summed E-state index contributed by atoms with van der Waals surface area (Å²) in [5.41, 5.74) is 11.7. The van der Waals surface area contributed by atoms with E-state index in [2.05, 4.69) is 132 Å². The lowest BCUT2D eigenvalue weighted by atomic mass is 9.67. The van der Waals surface area contributed by atoms with Crippen molar-refractivity contribution < 1.29 is 0 Å². The fourth-order valence-corrected chi connectivity index (χ4v) is 7.26. The van der Waals surface area contributed by atoms with Gasteiger partial charge in [0.25, 0.3) is 0 Å². The van der Waals surface area contributed by atoms with Crippen molar-refractivity contribution in [1.29, 1.82) is 0 Å². The van der Waals surface area contributed by atoms with Gasteiger partial charge in [0.15, 0.2) is 17.5 Å². The smallest absolute Gasteiger partial charge is 0.164 e. The first-order valence-corrected chi connectivity index (χ1v) is 16.5. The van der Waals surface area contributed by atoms with E-state index in [-0.39, 0.29) is 0 Å². The summed E-state index contributed by atoms with van der Waals surface area (Å²) in [6.07, 6.45) is 1.81. The first-order valence-electron chi connectivity index (χ1n) is 16.5. The molecule has 0 bridgehead atoms. The van der Waals surface area contributed by atoms with Gasteiger partial charge in [0.05, 0.1) is 11.1 Å². The Kier molecular flexibility index (Phi) is 6.98. The van der Waals surface area contributed by atoms with Crippen LogP contribution >= 0.6 is 0 Å². The molecule has 0 amide bonds. The molecule has 4 nitrogen and oxygen atoms in total. The van der Waals surface area contributed by atoms with Crippen LogP contribution in [0, 0.1) is 0 Å². The summed E-state index contributed by atoms with van der Waals surface area (Å²) in [5.74, 6) is 1.90. The van der Waals surface area contributed by atoms with Gasteiger partial charge in [-0.2, -0.15) is 0 Å². The van der Waals surface area contributed by atoms with Crippen LogP contribution in [0.4, 0.5) is 0 Å². The number of hydrogen-bond donors (Lipinski definition) is 0. The average molecular weight is 627 g/mol. The predicted molar refractivity (Wildman–Crippen MR) is 197 cm³/mol. The number of fused-ring (bicyclic) bond motifs is 3. The van der Waals surface area contributed by atoms with Gasteiger partial charge in [-0.25, -0.2) is 15.0 Å². The minimum atomic E-state index is -0.457. The number of benzene rings is 6. The number of aromatic nitrogens is 4. The Morgan fingerprint density at radius 3 is 1.47 bits per heavy atom. The molecule has 4 heteroatoms. The van der Waals surface area contributed by atoms with Crippen molar-refractivity contribution in [3.8, 4) is 56.5 Å². The highest BCUT2D eigenvalue weighted by molar-refractivity contribution is 5.88. The lowest BCUT2D eigenvalue weighted by molar-refractivity contribution is 0.768. The van der Waals surface area contributed by atoms with Gasteiger partial charge in [-0.3, -0.25) is 4.98 Å². The van der Waals surface area contributed by atoms with Crippen LogP contribution in [-0.4, -0.2) is 19.9 Å². The normalized spacial score (nSPS) is 12.7. The van der Waals surface area contributed by atoms with E-state index in [9.17, 15) is 0 Å². The number of hydrogen-bond acceptors (Lipinski definition) is 4. The summed E-state index contributed by atoms with van der Waals surface area (Å²) in [4.78, 5) is 19.7. The van der Waals surface area contributed by atoms with E-state index in [0.717, 1.165) is 27.9 Å². The zero-order valence-corrected chi connectivity index (χ0v) is 26.6. The quantitative estimate of drug-likeness (QED) is 0.184. The van der Waals surface area contributed by atoms with Gasteiger partial charge in [0.2, 0.25) is 0 Å². The van der Waals surface area contributed by atoms with Crippen molar-refractivity contribution in [3.05, 3.63) is 204 Å². The fraction of sp³-hybridized carbons (Fsp3) is 0.0222. The minimum Gasteiger partial charge on any atom is -0.256 e. The monoisotopic (exact) mass is 626 g/mol. The van der Waals surface area contributed by atoms with E-state index < -0.39 is 5.41 Å². The van der Waals surface area contributed by atoms with E-state index in [1.807, 2.05) is 54.7 Å². The average Bonchev–Trinajstić information content (AvgIpc) is 3.49. The van der Waals surface area contributed by atoms with E-state index in [1.165, 1.54) is 33.4 Å². The molecule has 0 fully saturated rings. The summed E-state index contributed by atoms with van der Waals surface area (Å²) in [6.45, 7) is 0. The van der Waals surface area contributed by atoms with Gasteiger partial charge < -0.3 is 0 Å². The summed E-state index contributed by atoms with van der Waals surface area (Å²) >= 11 is 0. The third kappa shape index (κ3) is 4.85. The van der Waals surface area contributed by atoms with Crippen molar-refractivity contribution in [2.45, 2.75) is 5.41 Å². The van der Waals surface area contributed by atoms with Crippen molar-refractivity contribution >= 4 is 0 Å². The second kappa shape index (κ2) is 11.9. The maximum Gasteiger partial charge on any atom is 0.164 e. The third-order valence-corrected chi connectivity index (χ3v) is 9.49. The van der Waals surface area contributed by atoms with Gasteiger partial charge in [0, 0.05) is 28.5 Å². The molecule has 0 radical (unpaired) electrons. The molecule has 1 aliphatic carbocycles. The molecule has 0 spiro atoms. The Morgan fingerprint density at radius 1 is 0.347 bits per heavy atom. The molecule has 0 saturated carbocycles. The molecule has 0 atom stereocenters. The zero-order chi connectivity index (χ0) is 32.6. The van der Waals surface area contributed by atoms with Crippen LogP contribution in [-0.2, 0) is 5.41 Å². The fourth-order valence-electron chi connectivity index (χ4n) is 7.26. The van der Waals surface area contributed by atoms with Gasteiger partial charge in [-0.15, -0.1) is 0 Å². The molecule has 0 N–H and O–H groups in total. The Bertz CT molecular complexity index is 2370. The van der Waals surface area contributed by atoms with Gasteiger partial charge in [0.1, 0.15) is 0 Å². The second-order valence-corrected chi connectivity index (χ2v) is 12.3. The van der Waals surface area contributed by atoms with Crippen molar-refractivity contribution in [2.75, 3.05) is 0 Å². The highest BCUT2D eigenvalue weighted by Gasteiger charge is 2.46. The van der Waals surface area contributed by atoms with Gasteiger partial charge >= 0.3 is 0 Å². The molecule has 0 aliphatic heterocycles. The maximum atomic E-state index is 5.10. The summed E-state index contributed by atoms with van der Waals surface area (Å²) in [6, 6.07) is 61.5. The molecule has 0 unspecified atom stereocenters. The summed E-state index contributed by atoms with van der Waals surface area (Å²) < 4.78 is 0. The Labute approximate surface area is 285 Å². The molecule has 230 valence electrons. The first-order chi connectivity index (χ1) is 24.3. The van der Waals surface area contributed by atoms with E-state index in [4.69, 9.17) is 15.0 Å². The summed E-state index contributed by atoms with van der Waals surface area (Å²) in [7, 11) is 0. The van der Waals surface area contributed by atoms with Crippen molar-refractivity contribution in [2.24, 2.45) is 0 Å². The summed E-state index contributed by atoms with van der Waals surface area (Å²) in [5, 5.41) is 0. The Hall–Kier alpha value is -6.52. The number of nitrogens with zero attached hydrogens (tertiary/aromatic N) is 4. The minimum absolute atomic E-state index is 0.457.